The van der Waals surface area contributed by atoms with E-state index in [9.17, 15) is 9.59 Å². The van der Waals surface area contributed by atoms with Crippen LogP contribution in [0.5, 0.6) is 0 Å². The SMILES string of the molecule is CC(=O)NCCCCCC(=O)NCc1nn(-c2ccccc2)c2c1CCC2. The van der Waals surface area contributed by atoms with Gasteiger partial charge in [-0.15, -0.1) is 0 Å². The van der Waals surface area contributed by atoms with Gasteiger partial charge in [0.15, 0.2) is 0 Å². The van der Waals surface area contributed by atoms with Gasteiger partial charge in [-0.25, -0.2) is 4.68 Å². The van der Waals surface area contributed by atoms with Gasteiger partial charge in [-0.1, -0.05) is 24.6 Å². The molecule has 0 spiro atoms. The molecule has 1 aliphatic carbocycles. The van der Waals surface area contributed by atoms with Crippen molar-refractivity contribution in [2.75, 3.05) is 6.54 Å². The minimum Gasteiger partial charge on any atom is -0.356 e. The molecule has 2 N–H and O–H groups in total. The van der Waals surface area contributed by atoms with E-state index in [4.69, 9.17) is 5.10 Å². The normalized spacial score (nSPS) is 12.6. The minimum absolute atomic E-state index is 0.00443. The van der Waals surface area contributed by atoms with Gasteiger partial charge in [-0.3, -0.25) is 9.59 Å². The predicted molar refractivity (Wildman–Crippen MR) is 105 cm³/mol. The number of carbonyl (C=O) groups is 2. The number of hydrogen-bond donors (Lipinski definition) is 2. The number of rotatable bonds is 9. The van der Waals surface area contributed by atoms with Gasteiger partial charge < -0.3 is 10.6 Å². The summed E-state index contributed by atoms with van der Waals surface area (Å²) in [7, 11) is 0. The molecule has 6 heteroatoms. The molecule has 0 fully saturated rings. The van der Waals surface area contributed by atoms with Crippen LogP contribution in [0.15, 0.2) is 30.3 Å². The lowest BCUT2D eigenvalue weighted by molar-refractivity contribution is -0.121. The lowest BCUT2D eigenvalue weighted by Gasteiger charge is -2.06. The van der Waals surface area contributed by atoms with Crippen molar-refractivity contribution in [1.82, 2.24) is 20.4 Å². The Bertz CT molecular complexity index is 783. The Morgan fingerprint density at radius 1 is 1.07 bits per heavy atom. The average molecular weight is 368 g/mol. The van der Waals surface area contributed by atoms with Gasteiger partial charge in [0.2, 0.25) is 11.8 Å². The molecule has 1 aliphatic rings. The van der Waals surface area contributed by atoms with E-state index in [1.807, 2.05) is 22.9 Å². The molecule has 2 aromatic rings. The molecule has 27 heavy (non-hydrogen) atoms. The summed E-state index contributed by atoms with van der Waals surface area (Å²) < 4.78 is 2.03. The summed E-state index contributed by atoms with van der Waals surface area (Å²) in [6.45, 7) is 2.69. The molecule has 2 amide bonds. The highest BCUT2D eigenvalue weighted by atomic mass is 16.2. The van der Waals surface area contributed by atoms with Crippen molar-refractivity contribution in [2.24, 2.45) is 0 Å². The van der Waals surface area contributed by atoms with Crippen LogP contribution in [-0.2, 0) is 29.0 Å². The van der Waals surface area contributed by atoms with Crippen LogP contribution in [0, 0.1) is 0 Å². The summed E-state index contributed by atoms with van der Waals surface area (Å²) in [5.74, 6) is 0.0609. The first-order chi connectivity index (χ1) is 13.1. The molecule has 0 saturated carbocycles. The molecule has 0 atom stereocenters. The number of nitrogens with zero attached hydrogens (tertiary/aromatic N) is 2. The lowest BCUT2D eigenvalue weighted by atomic mass is 10.1. The topological polar surface area (TPSA) is 76.0 Å². The van der Waals surface area contributed by atoms with Crippen molar-refractivity contribution in [3.05, 3.63) is 47.3 Å². The van der Waals surface area contributed by atoms with Crippen LogP contribution >= 0.6 is 0 Å². The van der Waals surface area contributed by atoms with Crippen molar-refractivity contribution < 1.29 is 9.59 Å². The van der Waals surface area contributed by atoms with Crippen molar-refractivity contribution in [3.8, 4) is 5.69 Å². The number of benzene rings is 1. The van der Waals surface area contributed by atoms with E-state index < -0.39 is 0 Å². The molecule has 1 heterocycles. The Labute approximate surface area is 160 Å². The molecule has 0 radical (unpaired) electrons. The van der Waals surface area contributed by atoms with Crippen molar-refractivity contribution in [3.63, 3.8) is 0 Å². The Balaban J connectivity index is 1.49. The fourth-order valence-corrected chi connectivity index (χ4v) is 3.56. The molecule has 0 bridgehead atoms. The molecule has 0 saturated heterocycles. The van der Waals surface area contributed by atoms with Crippen LogP contribution < -0.4 is 10.6 Å². The third kappa shape index (κ3) is 5.18. The summed E-state index contributed by atoms with van der Waals surface area (Å²) in [6, 6.07) is 10.2. The van der Waals surface area contributed by atoms with Gasteiger partial charge in [0.1, 0.15) is 0 Å². The maximum Gasteiger partial charge on any atom is 0.220 e. The van der Waals surface area contributed by atoms with Crippen LogP contribution in [-0.4, -0.2) is 28.1 Å². The number of aromatic nitrogens is 2. The van der Waals surface area contributed by atoms with E-state index >= 15 is 0 Å². The lowest BCUT2D eigenvalue weighted by Crippen LogP contribution is -2.23. The van der Waals surface area contributed by atoms with Gasteiger partial charge in [-0.2, -0.15) is 5.10 Å². The molecule has 6 nitrogen and oxygen atoms in total. The predicted octanol–water partition coefficient (Wildman–Crippen LogP) is 2.67. The average Bonchev–Trinajstić information content (AvgIpc) is 3.26. The second-order valence-electron chi connectivity index (χ2n) is 7.04. The largest absolute Gasteiger partial charge is 0.356 e. The maximum atomic E-state index is 12.1. The monoisotopic (exact) mass is 368 g/mol. The summed E-state index contributed by atoms with van der Waals surface area (Å²) >= 11 is 0. The Morgan fingerprint density at radius 2 is 1.89 bits per heavy atom. The number of nitrogens with one attached hydrogen (secondary N) is 2. The Kier molecular flexibility index (Phi) is 6.63. The summed E-state index contributed by atoms with van der Waals surface area (Å²) in [4.78, 5) is 22.9. The number of hydrogen-bond acceptors (Lipinski definition) is 3. The van der Waals surface area contributed by atoms with Crippen LogP contribution in [0.3, 0.4) is 0 Å². The molecular weight excluding hydrogens is 340 g/mol. The number of unbranched alkanes of at least 4 members (excludes halogenated alkanes) is 2. The van der Waals surface area contributed by atoms with Crippen LogP contribution in [0.1, 0.15) is 56.0 Å². The Hall–Kier alpha value is -2.63. The van der Waals surface area contributed by atoms with Crippen LogP contribution in [0.4, 0.5) is 0 Å². The van der Waals surface area contributed by atoms with Gasteiger partial charge in [0.05, 0.1) is 17.9 Å². The second kappa shape index (κ2) is 9.35. The van der Waals surface area contributed by atoms with Crippen molar-refractivity contribution in [1.29, 1.82) is 0 Å². The smallest absolute Gasteiger partial charge is 0.220 e. The molecule has 1 aromatic heterocycles. The molecule has 144 valence electrons. The third-order valence-electron chi connectivity index (χ3n) is 4.92. The van der Waals surface area contributed by atoms with E-state index in [1.165, 1.54) is 18.2 Å². The first-order valence-corrected chi connectivity index (χ1v) is 9.81. The first kappa shape index (κ1) is 19.1. The zero-order chi connectivity index (χ0) is 19.1. The van der Waals surface area contributed by atoms with E-state index in [0.29, 0.717) is 19.5 Å². The van der Waals surface area contributed by atoms with Gasteiger partial charge in [0, 0.05) is 25.6 Å². The zero-order valence-corrected chi connectivity index (χ0v) is 16.0. The standard InChI is InChI=1S/C21H28N4O2/c1-16(26)22-14-7-3-6-13-21(27)23-15-19-18-11-8-12-20(18)25(24-19)17-9-4-2-5-10-17/h2,4-5,9-10H,3,6-8,11-15H2,1H3,(H,22,26)(H,23,27). The van der Waals surface area contributed by atoms with Crippen LogP contribution in [0.2, 0.25) is 0 Å². The molecule has 3 rings (SSSR count). The van der Waals surface area contributed by atoms with Gasteiger partial charge in [-0.05, 0) is 49.8 Å². The maximum absolute atomic E-state index is 12.1. The van der Waals surface area contributed by atoms with E-state index in [-0.39, 0.29) is 11.8 Å². The second-order valence-corrected chi connectivity index (χ2v) is 7.04. The van der Waals surface area contributed by atoms with Crippen LogP contribution in [0.25, 0.3) is 5.69 Å². The minimum atomic E-state index is -0.00443. The summed E-state index contributed by atoms with van der Waals surface area (Å²) in [6.07, 6.45) is 6.42. The highest BCUT2D eigenvalue weighted by Crippen LogP contribution is 2.27. The molecule has 0 unspecified atom stereocenters. The van der Waals surface area contributed by atoms with E-state index in [1.54, 1.807) is 0 Å². The van der Waals surface area contributed by atoms with Gasteiger partial charge >= 0.3 is 0 Å². The fraction of sp³-hybridized carbons (Fsp3) is 0.476. The van der Waals surface area contributed by atoms with E-state index in [0.717, 1.165) is 49.9 Å². The number of para-hydroxylation sites is 1. The zero-order valence-electron chi connectivity index (χ0n) is 16.0. The highest BCUT2D eigenvalue weighted by Gasteiger charge is 2.23. The highest BCUT2D eigenvalue weighted by molar-refractivity contribution is 5.75. The first-order valence-electron chi connectivity index (χ1n) is 9.81. The number of fused-ring (bicyclic) bond motifs is 1. The Morgan fingerprint density at radius 3 is 2.67 bits per heavy atom. The van der Waals surface area contributed by atoms with Crippen molar-refractivity contribution in [2.45, 2.75) is 58.4 Å². The summed E-state index contributed by atoms with van der Waals surface area (Å²) in [5, 5.41) is 10.6. The quantitative estimate of drug-likeness (QED) is 0.668. The van der Waals surface area contributed by atoms with Gasteiger partial charge in [0.25, 0.3) is 0 Å². The molecule has 0 aliphatic heterocycles. The number of amides is 2. The summed E-state index contributed by atoms with van der Waals surface area (Å²) in [5.41, 5.74) is 4.65. The fourth-order valence-electron chi connectivity index (χ4n) is 3.56. The third-order valence-corrected chi connectivity index (χ3v) is 4.92. The van der Waals surface area contributed by atoms with E-state index in [2.05, 4.69) is 22.8 Å². The van der Waals surface area contributed by atoms with Crippen molar-refractivity contribution >= 4 is 11.8 Å². The number of carbonyl (C=O) groups excluding carboxylic acids is 2. The molecule has 1 aromatic carbocycles. The molecular formula is C21H28N4O2.